The number of aromatic nitrogens is 1. The lowest BCUT2D eigenvalue weighted by atomic mass is 10.2. The number of nitrogens with two attached hydrogens (primary N) is 1. The van der Waals surface area contributed by atoms with Gasteiger partial charge in [0.25, 0.3) is 0 Å². The molecule has 0 bridgehead atoms. The van der Waals surface area contributed by atoms with E-state index in [1.165, 1.54) is 6.42 Å². The molecular weight excluding hydrogens is 186 g/mol. The molecule has 0 saturated carbocycles. The van der Waals surface area contributed by atoms with Gasteiger partial charge in [0.15, 0.2) is 0 Å². The summed E-state index contributed by atoms with van der Waals surface area (Å²) in [5, 5.41) is 0. The quantitative estimate of drug-likeness (QED) is 0.805. The van der Waals surface area contributed by atoms with Crippen LogP contribution < -0.4 is 5.73 Å². The van der Waals surface area contributed by atoms with Crippen molar-refractivity contribution >= 4 is 5.69 Å². The number of hydrogen-bond donors (Lipinski definition) is 1. The van der Waals surface area contributed by atoms with Gasteiger partial charge in [0.05, 0.1) is 17.6 Å². The molecule has 0 saturated heterocycles. The lowest BCUT2D eigenvalue weighted by Gasteiger charge is -2.26. The summed E-state index contributed by atoms with van der Waals surface area (Å²) in [4.78, 5) is 6.73. The first kappa shape index (κ1) is 12.0. The first-order valence-corrected chi connectivity index (χ1v) is 5.61. The maximum absolute atomic E-state index is 5.60. The van der Waals surface area contributed by atoms with Gasteiger partial charge in [-0.15, -0.1) is 0 Å². The van der Waals surface area contributed by atoms with Gasteiger partial charge in [0, 0.05) is 12.6 Å². The molecule has 0 aliphatic heterocycles. The zero-order valence-electron chi connectivity index (χ0n) is 9.90. The van der Waals surface area contributed by atoms with Gasteiger partial charge in [-0.3, -0.25) is 9.88 Å². The minimum atomic E-state index is 0.606. The molecule has 0 aliphatic carbocycles. The summed E-state index contributed by atoms with van der Waals surface area (Å²) in [5.74, 6) is 0. The molecule has 0 radical (unpaired) electrons. The molecule has 0 amide bonds. The first-order chi connectivity index (χ1) is 7.17. The van der Waals surface area contributed by atoms with Crippen molar-refractivity contribution in [3.63, 3.8) is 0 Å². The van der Waals surface area contributed by atoms with Crippen molar-refractivity contribution in [1.82, 2.24) is 9.88 Å². The zero-order valence-corrected chi connectivity index (χ0v) is 9.90. The molecule has 0 fully saturated rings. The molecule has 1 unspecified atom stereocenters. The number of anilines is 1. The van der Waals surface area contributed by atoms with E-state index < -0.39 is 0 Å². The summed E-state index contributed by atoms with van der Waals surface area (Å²) < 4.78 is 0. The standard InChI is InChI=1S/C12H21N3/c1-4-10(3)15(5-2)9-12-7-6-11(13)8-14-12/h6-8,10H,4-5,9,13H2,1-3H3. The average Bonchev–Trinajstić information content (AvgIpc) is 2.27. The zero-order chi connectivity index (χ0) is 11.3. The molecule has 2 N–H and O–H groups in total. The fraction of sp³-hybridized carbons (Fsp3) is 0.583. The van der Waals surface area contributed by atoms with Crippen LogP contribution in [0.1, 0.15) is 32.9 Å². The van der Waals surface area contributed by atoms with Crippen LogP contribution in [0.2, 0.25) is 0 Å². The van der Waals surface area contributed by atoms with Gasteiger partial charge in [-0.1, -0.05) is 13.8 Å². The molecule has 0 aliphatic rings. The number of hydrogen-bond acceptors (Lipinski definition) is 3. The maximum atomic E-state index is 5.60. The Labute approximate surface area is 92.3 Å². The molecule has 1 aromatic heterocycles. The lowest BCUT2D eigenvalue weighted by Crippen LogP contribution is -2.32. The second-order valence-electron chi connectivity index (χ2n) is 3.90. The molecule has 1 heterocycles. The van der Waals surface area contributed by atoms with E-state index in [1.807, 2.05) is 12.1 Å². The third kappa shape index (κ3) is 3.51. The molecule has 1 rings (SSSR count). The fourth-order valence-electron chi connectivity index (χ4n) is 1.58. The van der Waals surface area contributed by atoms with Crippen molar-refractivity contribution in [2.45, 2.75) is 39.8 Å². The fourth-order valence-corrected chi connectivity index (χ4v) is 1.58. The highest BCUT2D eigenvalue weighted by Gasteiger charge is 2.10. The predicted octanol–water partition coefficient (Wildman–Crippen LogP) is 2.28. The van der Waals surface area contributed by atoms with E-state index in [2.05, 4.69) is 30.7 Å². The number of nitrogens with zero attached hydrogens (tertiary/aromatic N) is 2. The SMILES string of the molecule is CCC(C)N(CC)Cc1ccc(N)cn1. The van der Waals surface area contributed by atoms with Gasteiger partial charge in [-0.05, 0) is 32.0 Å². The van der Waals surface area contributed by atoms with E-state index in [-0.39, 0.29) is 0 Å². The van der Waals surface area contributed by atoms with Crippen molar-refractivity contribution in [3.8, 4) is 0 Å². The van der Waals surface area contributed by atoms with E-state index in [0.29, 0.717) is 6.04 Å². The van der Waals surface area contributed by atoms with E-state index >= 15 is 0 Å². The molecule has 0 aromatic carbocycles. The van der Waals surface area contributed by atoms with Crippen LogP contribution in [0.15, 0.2) is 18.3 Å². The second kappa shape index (κ2) is 5.71. The smallest absolute Gasteiger partial charge is 0.0545 e. The van der Waals surface area contributed by atoms with Crippen LogP contribution in [-0.2, 0) is 6.54 Å². The molecule has 84 valence electrons. The Bertz CT molecular complexity index is 281. The molecule has 1 aromatic rings. The van der Waals surface area contributed by atoms with Gasteiger partial charge in [-0.2, -0.15) is 0 Å². The van der Waals surface area contributed by atoms with E-state index in [4.69, 9.17) is 5.73 Å². The summed E-state index contributed by atoms with van der Waals surface area (Å²) in [6.45, 7) is 8.61. The van der Waals surface area contributed by atoms with Crippen LogP contribution in [0.4, 0.5) is 5.69 Å². The summed E-state index contributed by atoms with van der Waals surface area (Å²) in [7, 11) is 0. The lowest BCUT2D eigenvalue weighted by molar-refractivity contribution is 0.203. The van der Waals surface area contributed by atoms with Crippen LogP contribution in [0, 0.1) is 0 Å². The van der Waals surface area contributed by atoms with Crippen LogP contribution in [0.25, 0.3) is 0 Å². The summed E-state index contributed by atoms with van der Waals surface area (Å²) in [6, 6.07) is 4.52. The minimum Gasteiger partial charge on any atom is -0.397 e. The van der Waals surface area contributed by atoms with Gasteiger partial charge >= 0.3 is 0 Å². The molecular formula is C12H21N3. The highest BCUT2D eigenvalue weighted by atomic mass is 15.1. The van der Waals surface area contributed by atoms with Gasteiger partial charge < -0.3 is 5.73 Å². The topological polar surface area (TPSA) is 42.1 Å². The van der Waals surface area contributed by atoms with Gasteiger partial charge in [-0.25, -0.2) is 0 Å². The Morgan fingerprint density at radius 2 is 2.13 bits per heavy atom. The van der Waals surface area contributed by atoms with Crippen LogP contribution in [0.5, 0.6) is 0 Å². The van der Waals surface area contributed by atoms with Gasteiger partial charge in [0.2, 0.25) is 0 Å². The molecule has 0 spiro atoms. The average molecular weight is 207 g/mol. The van der Waals surface area contributed by atoms with E-state index in [0.717, 1.165) is 24.5 Å². The first-order valence-electron chi connectivity index (χ1n) is 5.61. The minimum absolute atomic E-state index is 0.606. The molecule has 1 atom stereocenters. The highest BCUT2D eigenvalue weighted by Crippen LogP contribution is 2.09. The summed E-state index contributed by atoms with van der Waals surface area (Å²) >= 11 is 0. The van der Waals surface area contributed by atoms with Crippen LogP contribution >= 0.6 is 0 Å². The van der Waals surface area contributed by atoms with Crippen molar-refractivity contribution in [3.05, 3.63) is 24.0 Å². The largest absolute Gasteiger partial charge is 0.397 e. The summed E-state index contributed by atoms with van der Waals surface area (Å²) in [5.41, 5.74) is 7.42. The summed E-state index contributed by atoms with van der Waals surface area (Å²) in [6.07, 6.45) is 2.89. The monoisotopic (exact) mass is 207 g/mol. The highest BCUT2D eigenvalue weighted by molar-refractivity contribution is 5.34. The molecule has 3 heteroatoms. The van der Waals surface area contributed by atoms with Crippen LogP contribution in [0.3, 0.4) is 0 Å². The normalized spacial score (nSPS) is 13.1. The Hall–Kier alpha value is -1.09. The second-order valence-corrected chi connectivity index (χ2v) is 3.90. The number of nitrogen functional groups attached to an aromatic ring is 1. The van der Waals surface area contributed by atoms with Crippen LogP contribution in [-0.4, -0.2) is 22.5 Å². The van der Waals surface area contributed by atoms with Crippen molar-refractivity contribution in [2.75, 3.05) is 12.3 Å². The number of pyridine rings is 1. The Balaban J connectivity index is 2.62. The predicted molar refractivity (Wildman–Crippen MR) is 64.5 cm³/mol. The Morgan fingerprint density at radius 1 is 1.40 bits per heavy atom. The van der Waals surface area contributed by atoms with Crippen molar-refractivity contribution in [1.29, 1.82) is 0 Å². The maximum Gasteiger partial charge on any atom is 0.0545 e. The Morgan fingerprint density at radius 3 is 2.60 bits per heavy atom. The number of rotatable bonds is 5. The van der Waals surface area contributed by atoms with E-state index in [9.17, 15) is 0 Å². The van der Waals surface area contributed by atoms with Gasteiger partial charge in [0.1, 0.15) is 0 Å². The third-order valence-corrected chi connectivity index (χ3v) is 2.83. The third-order valence-electron chi connectivity index (χ3n) is 2.83. The molecule has 15 heavy (non-hydrogen) atoms. The van der Waals surface area contributed by atoms with Crippen molar-refractivity contribution < 1.29 is 0 Å². The Kier molecular flexibility index (Phi) is 4.56. The molecule has 3 nitrogen and oxygen atoms in total. The van der Waals surface area contributed by atoms with E-state index in [1.54, 1.807) is 6.20 Å². The van der Waals surface area contributed by atoms with Crippen molar-refractivity contribution in [2.24, 2.45) is 0 Å².